The summed E-state index contributed by atoms with van der Waals surface area (Å²) in [5.74, 6) is 0.750. The first-order valence-electron chi connectivity index (χ1n) is 7.26. The molecule has 1 aliphatic rings. The van der Waals surface area contributed by atoms with Crippen LogP contribution in [0.4, 0.5) is 0 Å². The molecule has 1 atom stereocenters. The molecule has 0 radical (unpaired) electrons. The van der Waals surface area contributed by atoms with E-state index in [9.17, 15) is 0 Å². The van der Waals surface area contributed by atoms with E-state index >= 15 is 0 Å². The largest absolute Gasteiger partial charge is 0.380 e. The number of nitrogens with one attached hydrogen (secondary N) is 1. The minimum atomic E-state index is 0.724. The maximum Gasteiger partial charge on any atom is 0.0593 e. The molecule has 1 rings (SSSR count). The summed E-state index contributed by atoms with van der Waals surface area (Å²) in [4.78, 5) is 2.56. The number of rotatable bonds is 8. The second kappa shape index (κ2) is 8.90. The Hall–Kier alpha value is -0.120. The van der Waals surface area contributed by atoms with Crippen LogP contribution in [0.5, 0.6) is 0 Å². The second-order valence-electron chi connectivity index (χ2n) is 5.42. The van der Waals surface area contributed by atoms with Crippen LogP contribution in [0, 0.1) is 5.92 Å². The van der Waals surface area contributed by atoms with Gasteiger partial charge in [-0.2, -0.15) is 0 Å². The summed E-state index contributed by atoms with van der Waals surface area (Å²) in [7, 11) is 0. The van der Waals surface area contributed by atoms with E-state index in [1.807, 2.05) is 0 Å². The number of hydrogen-bond acceptors (Lipinski definition) is 3. The van der Waals surface area contributed by atoms with E-state index in [4.69, 9.17) is 4.74 Å². The van der Waals surface area contributed by atoms with E-state index in [-0.39, 0.29) is 0 Å². The van der Waals surface area contributed by atoms with Gasteiger partial charge in [0.15, 0.2) is 0 Å². The van der Waals surface area contributed by atoms with Gasteiger partial charge in [0.1, 0.15) is 0 Å². The number of hydrogen-bond donors (Lipinski definition) is 1. The van der Waals surface area contributed by atoms with Gasteiger partial charge in [-0.3, -0.25) is 4.90 Å². The van der Waals surface area contributed by atoms with Gasteiger partial charge in [-0.15, -0.1) is 0 Å². The van der Waals surface area contributed by atoms with Crippen molar-refractivity contribution in [1.29, 1.82) is 0 Å². The minimum absolute atomic E-state index is 0.724. The third-order valence-electron chi connectivity index (χ3n) is 3.56. The molecule has 0 bridgehead atoms. The normalized spacial score (nSPS) is 21.4. The first-order chi connectivity index (χ1) is 8.24. The van der Waals surface area contributed by atoms with Gasteiger partial charge in [-0.1, -0.05) is 20.8 Å². The number of ether oxygens (including phenoxy) is 1. The van der Waals surface area contributed by atoms with E-state index < -0.39 is 0 Å². The third kappa shape index (κ3) is 6.39. The van der Waals surface area contributed by atoms with Gasteiger partial charge < -0.3 is 10.1 Å². The van der Waals surface area contributed by atoms with Crippen LogP contribution in [-0.2, 0) is 4.74 Å². The molecule has 3 nitrogen and oxygen atoms in total. The van der Waals surface area contributed by atoms with Crippen molar-refractivity contribution in [3.8, 4) is 0 Å². The van der Waals surface area contributed by atoms with Crippen molar-refractivity contribution in [1.82, 2.24) is 10.2 Å². The minimum Gasteiger partial charge on any atom is -0.380 e. The molecule has 0 aromatic heterocycles. The van der Waals surface area contributed by atoms with Crippen molar-refractivity contribution in [3.63, 3.8) is 0 Å². The molecule has 1 fully saturated rings. The highest BCUT2D eigenvalue weighted by Gasteiger charge is 2.18. The van der Waals surface area contributed by atoms with Crippen LogP contribution < -0.4 is 5.32 Å². The molecule has 1 saturated heterocycles. The molecule has 0 aliphatic carbocycles. The van der Waals surface area contributed by atoms with Crippen molar-refractivity contribution in [2.75, 3.05) is 39.4 Å². The van der Waals surface area contributed by atoms with E-state index in [1.165, 1.54) is 25.8 Å². The highest BCUT2D eigenvalue weighted by atomic mass is 16.5. The monoisotopic (exact) mass is 242 g/mol. The SMILES string of the molecule is CCN(CCOCCC(C)C)C1CCCNC1. The van der Waals surface area contributed by atoms with E-state index in [1.54, 1.807) is 0 Å². The van der Waals surface area contributed by atoms with E-state index in [0.29, 0.717) is 0 Å². The van der Waals surface area contributed by atoms with Gasteiger partial charge in [0.25, 0.3) is 0 Å². The predicted molar refractivity (Wildman–Crippen MR) is 73.4 cm³/mol. The van der Waals surface area contributed by atoms with Crippen LogP contribution >= 0.6 is 0 Å². The molecule has 1 unspecified atom stereocenters. The van der Waals surface area contributed by atoms with E-state index in [2.05, 4.69) is 31.0 Å². The molecule has 1 N–H and O–H groups in total. The van der Waals surface area contributed by atoms with Crippen molar-refractivity contribution in [3.05, 3.63) is 0 Å². The number of piperidine rings is 1. The molecule has 0 amide bonds. The maximum absolute atomic E-state index is 5.71. The van der Waals surface area contributed by atoms with Crippen LogP contribution in [0.3, 0.4) is 0 Å². The van der Waals surface area contributed by atoms with Gasteiger partial charge in [-0.05, 0) is 38.3 Å². The Bertz CT molecular complexity index is 179. The van der Waals surface area contributed by atoms with Gasteiger partial charge in [0.05, 0.1) is 6.61 Å². The summed E-state index contributed by atoms with van der Waals surface area (Å²) in [5.41, 5.74) is 0. The lowest BCUT2D eigenvalue weighted by Crippen LogP contribution is -2.47. The highest BCUT2D eigenvalue weighted by molar-refractivity contribution is 4.77. The zero-order chi connectivity index (χ0) is 12.5. The van der Waals surface area contributed by atoms with Crippen molar-refractivity contribution in [2.45, 2.75) is 46.1 Å². The van der Waals surface area contributed by atoms with Gasteiger partial charge in [0.2, 0.25) is 0 Å². The zero-order valence-corrected chi connectivity index (χ0v) is 11.9. The molecule has 3 heteroatoms. The van der Waals surface area contributed by atoms with Crippen LogP contribution in [0.2, 0.25) is 0 Å². The zero-order valence-electron chi connectivity index (χ0n) is 11.9. The lowest BCUT2D eigenvalue weighted by molar-refractivity contribution is 0.0771. The Morgan fingerprint density at radius 1 is 1.35 bits per heavy atom. The Labute approximate surface area is 107 Å². The smallest absolute Gasteiger partial charge is 0.0593 e. The second-order valence-corrected chi connectivity index (χ2v) is 5.42. The summed E-state index contributed by atoms with van der Waals surface area (Å²) in [6, 6.07) is 0.724. The Morgan fingerprint density at radius 3 is 2.76 bits per heavy atom. The molecule has 0 aromatic carbocycles. The topological polar surface area (TPSA) is 24.5 Å². The predicted octanol–water partition coefficient (Wildman–Crippen LogP) is 2.12. The van der Waals surface area contributed by atoms with Crippen molar-refractivity contribution in [2.24, 2.45) is 5.92 Å². The van der Waals surface area contributed by atoms with Gasteiger partial charge in [-0.25, -0.2) is 0 Å². The summed E-state index contributed by atoms with van der Waals surface area (Å²) in [5, 5.41) is 3.48. The fraction of sp³-hybridized carbons (Fsp3) is 1.00. The molecule has 1 heterocycles. The van der Waals surface area contributed by atoms with Crippen molar-refractivity contribution >= 4 is 0 Å². The van der Waals surface area contributed by atoms with Gasteiger partial charge >= 0.3 is 0 Å². The summed E-state index contributed by atoms with van der Waals surface area (Å²) < 4.78 is 5.71. The first-order valence-corrected chi connectivity index (χ1v) is 7.26. The fourth-order valence-electron chi connectivity index (χ4n) is 2.35. The van der Waals surface area contributed by atoms with Crippen LogP contribution in [0.15, 0.2) is 0 Å². The molecule has 102 valence electrons. The van der Waals surface area contributed by atoms with Crippen LogP contribution in [0.25, 0.3) is 0 Å². The number of likely N-dealkylation sites (N-methyl/N-ethyl adjacent to an activating group) is 1. The summed E-state index contributed by atoms with van der Waals surface area (Å²) in [6.45, 7) is 13.1. The quantitative estimate of drug-likeness (QED) is 0.660. The molecule has 1 aliphatic heterocycles. The van der Waals surface area contributed by atoms with E-state index in [0.717, 1.165) is 44.8 Å². The Morgan fingerprint density at radius 2 is 2.18 bits per heavy atom. The lowest BCUT2D eigenvalue weighted by atomic mass is 10.1. The Kier molecular flexibility index (Phi) is 7.82. The third-order valence-corrected chi connectivity index (χ3v) is 3.56. The summed E-state index contributed by atoms with van der Waals surface area (Å²) >= 11 is 0. The highest BCUT2D eigenvalue weighted by Crippen LogP contribution is 2.09. The number of nitrogens with zero attached hydrogens (tertiary/aromatic N) is 1. The summed E-state index contributed by atoms with van der Waals surface area (Å²) in [6.07, 6.45) is 3.83. The van der Waals surface area contributed by atoms with Crippen LogP contribution in [0.1, 0.15) is 40.0 Å². The molecule has 17 heavy (non-hydrogen) atoms. The average Bonchev–Trinajstić information content (AvgIpc) is 2.34. The molecular weight excluding hydrogens is 212 g/mol. The molecular formula is C14H30N2O. The first kappa shape index (κ1) is 14.9. The average molecular weight is 242 g/mol. The molecule has 0 spiro atoms. The standard InChI is InChI=1S/C14H30N2O/c1-4-16(14-6-5-8-15-12-14)9-11-17-10-7-13(2)3/h13-15H,4-12H2,1-3H3. The molecule has 0 saturated carbocycles. The maximum atomic E-state index is 5.71. The van der Waals surface area contributed by atoms with Gasteiger partial charge in [0, 0.05) is 25.7 Å². The molecule has 0 aromatic rings. The Balaban J connectivity index is 2.09. The van der Waals surface area contributed by atoms with Crippen LogP contribution in [-0.4, -0.2) is 50.3 Å². The van der Waals surface area contributed by atoms with Crippen molar-refractivity contribution < 1.29 is 4.74 Å². The lowest BCUT2D eigenvalue weighted by Gasteiger charge is -2.33. The fourth-order valence-corrected chi connectivity index (χ4v) is 2.35.